The van der Waals surface area contributed by atoms with Crippen molar-refractivity contribution in [2.75, 3.05) is 34.2 Å². The third kappa shape index (κ3) is 3.39. The van der Waals surface area contributed by atoms with Gasteiger partial charge in [-0.25, -0.2) is 0 Å². The minimum absolute atomic E-state index is 0.435. The Morgan fingerprint density at radius 3 is 2.96 bits per heavy atom. The molecule has 3 radical (unpaired) electrons. The Bertz CT molecular complexity index is 588. The summed E-state index contributed by atoms with van der Waals surface area (Å²) in [7, 11) is 0. The van der Waals surface area contributed by atoms with Gasteiger partial charge in [-0.15, -0.1) is 0 Å². The second kappa shape index (κ2) is 7.64. The quantitative estimate of drug-likeness (QED) is 0.502. The van der Waals surface area contributed by atoms with Crippen LogP contribution in [0.5, 0.6) is 5.75 Å². The van der Waals surface area contributed by atoms with Gasteiger partial charge in [0.15, 0.2) is 0 Å². The van der Waals surface area contributed by atoms with Crippen LogP contribution in [-0.2, 0) is 6.42 Å². The normalized spacial score (nSPS) is 25.8. The first-order valence-electron chi connectivity index (χ1n) is 8.84. The average Bonchev–Trinajstić information content (AvgIpc) is 2.53. The molecular formula is C18H25N2OPbS2. The Labute approximate surface area is 169 Å². The fraction of sp³-hybridized carbons (Fsp3) is 0.722. The summed E-state index contributed by atoms with van der Waals surface area (Å²) in [6, 6.07) is 2.64. The van der Waals surface area contributed by atoms with E-state index in [1.165, 1.54) is 77.6 Å². The molecule has 3 heterocycles. The van der Waals surface area contributed by atoms with Gasteiger partial charge in [-0.05, 0) is 0 Å². The molecule has 0 bridgehead atoms. The van der Waals surface area contributed by atoms with Crippen LogP contribution in [0.15, 0.2) is 12.3 Å². The van der Waals surface area contributed by atoms with Crippen LogP contribution in [0.2, 0.25) is 0 Å². The molecule has 3 aliphatic rings. The van der Waals surface area contributed by atoms with Gasteiger partial charge in [0.25, 0.3) is 0 Å². The monoisotopic (exact) mass is 557 g/mol. The van der Waals surface area contributed by atoms with Crippen LogP contribution in [0.1, 0.15) is 36.6 Å². The number of pyridine rings is 1. The summed E-state index contributed by atoms with van der Waals surface area (Å²) in [5.41, 5.74) is 3.35. The molecule has 0 amide bonds. The molecule has 1 aromatic rings. The van der Waals surface area contributed by atoms with E-state index in [4.69, 9.17) is 9.72 Å². The van der Waals surface area contributed by atoms with E-state index >= 15 is 0 Å². The van der Waals surface area contributed by atoms with Crippen LogP contribution in [0, 0.1) is 5.41 Å². The Balaban J connectivity index is 1.54. The van der Waals surface area contributed by atoms with Crippen LogP contribution in [0.25, 0.3) is 0 Å². The zero-order valence-electron chi connectivity index (χ0n) is 14.3. The third-order valence-corrected chi connectivity index (χ3v) is 9.53. The zero-order chi connectivity index (χ0) is 16.6. The van der Waals surface area contributed by atoms with Crippen molar-refractivity contribution in [3.63, 3.8) is 0 Å². The van der Waals surface area contributed by atoms with Crippen LogP contribution < -0.4 is 4.74 Å². The Morgan fingerprint density at radius 1 is 1.46 bits per heavy atom. The number of rotatable bonds is 6. The van der Waals surface area contributed by atoms with Crippen LogP contribution in [0.4, 0.5) is 0 Å². The second-order valence-electron chi connectivity index (χ2n) is 7.33. The molecule has 129 valence electrons. The molecule has 1 saturated heterocycles. The van der Waals surface area contributed by atoms with Gasteiger partial charge < -0.3 is 0 Å². The van der Waals surface area contributed by atoms with Crippen molar-refractivity contribution in [1.29, 1.82) is 0 Å². The van der Waals surface area contributed by atoms with E-state index in [1.807, 2.05) is 18.0 Å². The number of aromatic nitrogens is 1. The molecule has 0 aromatic carbocycles. The van der Waals surface area contributed by atoms with Crippen LogP contribution >= 0.6 is 23.5 Å². The van der Waals surface area contributed by atoms with Crippen molar-refractivity contribution < 1.29 is 4.74 Å². The molecule has 3 nitrogen and oxygen atoms in total. The van der Waals surface area contributed by atoms with Crippen molar-refractivity contribution in [2.45, 2.75) is 37.8 Å². The fourth-order valence-electron chi connectivity index (χ4n) is 4.28. The molecule has 0 N–H and O–H groups in total. The summed E-state index contributed by atoms with van der Waals surface area (Å²) in [6.07, 6.45) is 9.42. The summed E-state index contributed by atoms with van der Waals surface area (Å²) >= 11 is 5.28. The summed E-state index contributed by atoms with van der Waals surface area (Å²) in [4.78, 5) is 7.38. The van der Waals surface area contributed by atoms with Crippen molar-refractivity contribution in [3.8, 4) is 5.75 Å². The average molecular weight is 557 g/mol. The molecule has 6 heteroatoms. The van der Waals surface area contributed by atoms with Gasteiger partial charge >= 0.3 is 171 Å². The van der Waals surface area contributed by atoms with Crippen molar-refractivity contribution in [2.24, 2.45) is 5.41 Å². The molecule has 4 rings (SSSR count). The van der Waals surface area contributed by atoms with Crippen molar-refractivity contribution in [1.82, 2.24) is 9.88 Å². The molecule has 2 fully saturated rings. The van der Waals surface area contributed by atoms with Crippen LogP contribution in [-0.4, -0.2) is 75.9 Å². The molecular weight excluding hydrogens is 532 g/mol. The van der Waals surface area contributed by atoms with Gasteiger partial charge in [0.05, 0.1) is 0 Å². The van der Waals surface area contributed by atoms with E-state index < -0.39 is 0 Å². The minimum atomic E-state index is 0.435. The van der Waals surface area contributed by atoms with E-state index in [2.05, 4.69) is 29.0 Å². The molecule has 1 saturated carbocycles. The first-order chi connectivity index (χ1) is 11.7. The Morgan fingerprint density at radius 2 is 2.29 bits per heavy atom. The van der Waals surface area contributed by atoms with E-state index in [0.29, 0.717) is 17.6 Å². The standard InChI is InChI=1S/C18H25N2OS2.Pb/c1-20-7-4-14-17(15(20)5-8-22-2)16(3-6-19-14)21-13-9-18(10-13)11-23-12-18;/h3,6,13,15H,1,4-5,7-12H2,2H3;. The summed E-state index contributed by atoms with van der Waals surface area (Å²) in [5.74, 6) is 5.05. The first-order valence-corrected chi connectivity index (χ1v) is 14.1. The summed E-state index contributed by atoms with van der Waals surface area (Å²) in [5, 5.41) is 0. The molecule has 1 unspecified atom stereocenters. The Hall–Kier alpha value is 0.532. The van der Waals surface area contributed by atoms with E-state index in [1.54, 1.807) is 0 Å². The first kappa shape index (κ1) is 17.9. The van der Waals surface area contributed by atoms with E-state index in [9.17, 15) is 0 Å². The number of hydrogen-bond acceptors (Lipinski definition) is 5. The zero-order valence-corrected chi connectivity index (χ0v) is 19.8. The Kier molecular flexibility index (Phi) is 5.71. The van der Waals surface area contributed by atoms with Gasteiger partial charge in [-0.1, -0.05) is 0 Å². The number of fused-ring (bicyclic) bond motifs is 1. The molecule has 1 aromatic heterocycles. The number of ether oxygens (including phenoxy) is 1. The van der Waals surface area contributed by atoms with Crippen molar-refractivity contribution >= 4 is 49.3 Å². The topological polar surface area (TPSA) is 25.4 Å². The van der Waals surface area contributed by atoms with Crippen LogP contribution in [0.3, 0.4) is 0 Å². The third-order valence-electron chi connectivity index (χ3n) is 5.67. The summed E-state index contributed by atoms with van der Waals surface area (Å²) < 4.78 is 7.76. The SMILES string of the molecule is CSCCC1c2c(OC3CC4(CSC4)C3)ccnc2CCN1[CH2][Pb]. The molecule has 1 aliphatic carbocycles. The van der Waals surface area contributed by atoms with Gasteiger partial charge in [0, 0.05) is 0 Å². The van der Waals surface area contributed by atoms with Gasteiger partial charge in [-0.2, -0.15) is 0 Å². The number of nitrogens with zero attached hydrogens (tertiary/aromatic N) is 2. The maximum atomic E-state index is 6.51. The number of thioether (sulfide) groups is 2. The maximum absolute atomic E-state index is 6.51. The second-order valence-corrected chi connectivity index (χ2v) is 10.5. The fourth-order valence-corrected chi connectivity index (χ4v) is 7.47. The molecule has 2 aliphatic heterocycles. The molecule has 1 spiro atoms. The van der Waals surface area contributed by atoms with E-state index in [0.717, 1.165) is 18.7 Å². The van der Waals surface area contributed by atoms with E-state index in [-0.39, 0.29) is 0 Å². The number of hydrogen-bond donors (Lipinski definition) is 0. The van der Waals surface area contributed by atoms with Gasteiger partial charge in [0.1, 0.15) is 0 Å². The molecule has 24 heavy (non-hydrogen) atoms. The molecule has 1 atom stereocenters. The predicted molar refractivity (Wildman–Crippen MR) is 104 cm³/mol. The van der Waals surface area contributed by atoms with Crippen molar-refractivity contribution in [3.05, 3.63) is 23.5 Å². The summed E-state index contributed by atoms with van der Waals surface area (Å²) in [6.45, 7) is 1.16. The predicted octanol–water partition coefficient (Wildman–Crippen LogP) is 3.13. The van der Waals surface area contributed by atoms with Gasteiger partial charge in [0.2, 0.25) is 0 Å². The van der Waals surface area contributed by atoms with Gasteiger partial charge in [-0.3, -0.25) is 0 Å².